The summed E-state index contributed by atoms with van der Waals surface area (Å²) in [5.41, 5.74) is 0.863. The molecule has 0 radical (unpaired) electrons. The van der Waals surface area contributed by atoms with Crippen molar-refractivity contribution in [1.29, 1.82) is 0 Å². The molecule has 0 saturated carbocycles. The fourth-order valence-electron chi connectivity index (χ4n) is 4.47. The number of aliphatic hydroxyl groups is 1. The molecule has 0 spiro atoms. The van der Waals surface area contributed by atoms with Crippen molar-refractivity contribution in [2.75, 3.05) is 20.3 Å². The Morgan fingerprint density at radius 3 is 2.63 bits per heavy atom. The van der Waals surface area contributed by atoms with Gasteiger partial charge in [0.25, 0.3) is 0 Å². The van der Waals surface area contributed by atoms with Crippen molar-refractivity contribution in [3.8, 4) is 11.5 Å². The highest BCUT2D eigenvalue weighted by molar-refractivity contribution is 5.70. The van der Waals surface area contributed by atoms with Crippen molar-refractivity contribution >= 4 is 6.09 Å². The molecule has 1 aromatic rings. The maximum Gasteiger partial charge on any atom is 0.412 e. The van der Waals surface area contributed by atoms with Crippen LogP contribution in [0.5, 0.6) is 11.5 Å². The van der Waals surface area contributed by atoms with E-state index in [1.807, 2.05) is 47.6 Å². The lowest BCUT2D eigenvalue weighted by Gasteiger charge is -2.41. The van der Waals surface area contributed by atoms with Crippen LogP contribution in [0.1, 0.15) is 57.4 Å². The molecule has 8 heteroatoms. The SMILES string of the molecule is COc1c(C)cc2c(c1O)[C@H](C1COC(C)(C)N1C(=O)OC(C)(C)C)NC(CO)C2. The van der Waals surface area contributed by atoms with Gasteiger partial charge >= 0.3 is 6.09 Å². The third kappa shape index (κ3) is 4.08. The van der Waals surface area contributed by atoms with Crippen molar-refractivity contribution in [3.63, 3.8) is 0 Å². The Morgan fingerprint density at radius 2 is 2.07 bits per heavy atom. The van der Waals surface area contributed by atoms with E-state index in [4.69, 9.17) is 14.2 Å². The molecule has 3 atom stereocenters. The molecule has 8 nitrogen and oxygen atoms in total. The highest BCUT2D eigenvalue weighted by Crippen LogP contribution is 2.46. The maximum absolute atomic E-state index is 13.1. The summed E-state index contributed by atoms with van der Waals surface area (Å²) in [6, 6.07) is 0.859. The number of methoxy groups -OCH3 is 1. The number of fused-ring (bicyclic) bond motifs is 1. The summed E-state index contributed by atoms with van der Waals surface area (Å²) in [7, 11) is 1.52. The van der Waals surface area contributed by atoms with E-state index in [9.17, 15) is 15.0 Å². The minimum absolute atomic E-state index is 0.0511. The topological polar surface area (TPSA) is 100 Å². The molecule has 1 aromatic carbocycles. The lowest BCUT2D eigenvalue weighted by Crippen LogP contribution is -2.56. The summed E-state index contributed by atoms with van der Waals surface area (Å²) < 4.78 is 17.0. The van der Waals surface area contributed by atoms with Gasteiger partial charge in [0.05, 0.1) is 32.4 Å². The van der Waals surface area contributed by atoms with E-state index >= 15 is 0 Å². The third-order valence-electron chi connectivity index (χ3n) is 5.68. The maximum atomic E-state index is 13.1. The Hall–Kier alpha value is -2.03. The molecule has 168 valence electrons. The number of carbonyl (C=O) groups excluding carboxylic acids is 1. The number of carbonyl (C=O) groups is 1. The zero-order valence-electron chi connectivity index (χ0n) is 18.9. The third-order valence-corrected chi connectivity index (χ3v) is 5.68. The average Bonchev–Trinajstić information content (AvgIpc) is 2.94. The summed E-state index contributed by atoms with van der Waals surface area (Å²) in [6.45, 7) is 11.2. The molecule has 2 heterocycles. The number of hydrogen-bond acceptors (Lipinski definition) is 7. The highest BCUT2D eigenvalue weighted by Gasteiger charge is 2.51. The molecule has 0 aromatic heterocycles. The Bertz CT molecular complexity index is 817. The van der Waals surface area contributed by atoms with Gasteiger partial charge in [-0.05, 0) is 59.1 Å². The summed E-state index contributed by atoms with van der Waals surface area (Å²) in [5.74, 6) is 0.459. The van der Waals surface area contributed by atoms with E-state index in [2.05, 4.69) is 5.32 Å². The van der Waals surface area contributed by atoms with Crippen molar-refractivity contribution in [3.05, 3.63) is 22.8 Å². The van der Waals surface area contributed by atoms with Gasteiger partial charge in [-0.1, -0.05) is 6.07 Å². The highest BCUT2D eigenvalue weighted by atomic mass is 16.6. The number of ether oxygens (including phenoxy) is 3. The molecule has 0 bridgehead atoms. The molecule has 3 rings (SSSR count). The van der Waals surface area contributed by atoms with Gasteiger partial charge in [-0.15, -0.1) is 0 Å². The summed E-state index contributed by atoms with van der Waals surface area (Å²) in [4.78, 5) is 14.7. The van der Waals surface area contributed by atoms with Gasteiger partial charge in [0.15, 0.2) is 11.5 Å². The predicted octanol–water partition coefficient (Wildman–Crippen LogP) is 2.63. The molecule has 2 unspecified atom stereocenters. The van der Waals surface area contributed by atoms with Crippen LogP contribution in [0, 0.1) is 6.92 Å². The second-order valence-electron chi connectivity index (χ2n) is 9.55. The zero-order valence-corrected chi connectivity index (χ0v) is 18.9. The minimum Gasteiger partial charge on any atom is -0.504 e. The average molecular weight is 423 g/mol. The van der Waals surface area contributed by atoms with Gasteiger partial charge in [0.2, 0.25) is 0 Å². The van der Waals surface area contributed by atoms with Crippen LogP contribution >= 0.6 is 0 Å². The Kier molecular flexibility index (Phi) is 5.97. The smallest absolute Gasteiger partial charge is 0.412 e. The number of rotatable bonds is 3. The minimum atomic E-state index is -0.884. The summed E-state index contributed by atoms with van der Waals surface area (Å²) >= 11 is 0. The van der Waals surface area contributed by atoms with Gasteiger partial charge in [0.1, 0.15) is 11.3 Å². The van der Waals surface area contributed by atoms with E-state index in [1.165, 1.54) is 7.11 Å². The number of aliphatic hydroxyl groups excluding tert-OH is 1. The Labute approximate surface area is 178 Å². The Balaban J connectivity index is 2.08. The Morgan fingerprint density at radius 1 is 1.40 bits per heavy atom. The number of aryl methyl sites for hydroxylation is 1. The number of nitrogens with one attached hydrogen (secondary N) is 1. The van der Waals surface area contributed by atoms with Crippen LogP contribution in [-0.4, -0.2) is 64.9 Å². The van der Waals surface area contributed by atoms with Gasteiger partial charge in [-0.25, -0.2) is 4.79 Å². The number of phenols is 1. The molecule has 30 heavy (non-hydrogen) atoms. The first kappa shape index (κ1) is 22.7. The molecule has 1 fully saturated rings. The standard InChI is InChI=1S/C22H34N2O6/c1-12-8-13-9-14(10-25)23-17(16(13)18(26)19(12)28-7)15-11-29-22(5,6)24(15)20(27)30-21(2,3)4/h8,14-15,17,23,25-26H,9-11H2,1-7H3/t14?,15?,17-/m0/s1. The van der Waals surface area contributed by atoms with Crippen LogP contribution in [0.4, 0.5) is 4.79 Å². The van der Waals surface area contributed by atoms with Gasteiger partial charge in [-0.3, -0.25) is 4.90 Å². The predicted molar refractivity (Wildman–Crippen MR) is 112 cm³/mol. The van der Waals surface area contributed by atoms with Crippen LogP contribution in [0.3, 0.4) is 0 Å². The first-order valence-corrected chi connectivity index (χ1v) is 10.3. The number of benzene rings is 1. The lowest BCUT2D eigenvalue weighted by molar-refractivity contribution is -0.0640. The van der Waals surface area contributed by atoms with Gasteiger partial charge in [-0.2, -0.15) is 0 Å². The largest absolute Gasteiger partial charge is 0.504 e. The van der Waals surface area contributed by atoms with Crippen LogP contribution in [0.2, 0.25) is 0 Å². The summed E-state index contributed by atoms with van der Waals surface area (Å²) in [5, 5.41) is 24.3. The van der Waals surface area contributed by atoms with E-state index < -0.39 is 29.5 Å². The number of aromatic hydroxyl groups is 1. The first-order chi connectivity index (χ1) is 13.9. The van der Waals surface area contributed by atoms with Crippen LogP contribution in [0.15, 0.2) is 6.07 Å². The van der Waals surface area contributed by atoms with Crippen LogP contribution < -0.4 is 10.1 Å². The molecule has 1 saturated heterocycles. The monoisotopic (exact) mass is 422 g/mol. The zero-order chi connectivity index (χ0) is 22.4. The van der Waals surface area contributed by atoms with Crippen LogP contribution in [0.25, 0.3) is 0 Å². The van der Waals surface area contributed by atoms with E-state index in [0.717, 1.165) is 11.1 Å². The van der Waals surface area contributed by atoms with E-state index in [1.54, 1.807) is 4.90 Å². The lowest BCUT2D eigenvalue weighted by atomic mass is 9.84. The van der Waals surface area contributed by atoms with Crippen LogP contribution in [-0.2, 0) is 15.9 Å². The molecule has 2 aliphatic rings. The number of amides is 1. The summed E-state index contributed by atoms with van der Waals surface area (Å²) in [6.07, 6.45) is 0.0764. The first-order valence-electron chi connectivity index (χ1n) is 10.3. The van der Waals surface area contributed by atoms with Gasteiger partial charge < -0.3 is 29.7 Å². The second-order valence-corrected chi connectivity index (χ2v) is 9.55. The van der Waals surface area contributed by atoms with Crippen molar-refractivity contribution in [1.82, 2.24) is 10.2 Å². The molecular formula is C22H34N2O6. The molecule has 0 aliphatic carbocycles. The molecular weight excluding hydrogens is 388 g/mol. The van der Waals surface area contributed by atoms with Crippen molar-refractivity contribution < 1.29 is 29.2 Å². The van der Waals surface area contributed by atoms with Crippen molar-refractivity contribution in [2.45, 2.75) is 77.4 Å². The second kappa shape index (κ2) is 7.90. The van der Waals surface area contributed by atoms with E-state index in [-0.39, 0.29) is 25.0 Å². The number of phenolic OH excluding ortho intramolecular Hbond substituents is 1. The normalized spacial score (nSPS) is 25.7. The van der Waals surface area contributed by atoms with Crippen molar-refractivity contribution in [2.24, 2.45) is 0 Å². The van der Waals surface area contributed by atoms with Gasteiger partial charge in [0, 0.05) is 11.6 Å². The number of hydrogen-bond donors (Lipinski definition) is 3. The number of nitrogens with zero attached hydrogens (tertiary/aromatic N) is 1. The molecule has 2 aliphatic heterocycles. The fourth-order valence-corrected chi connectivity index (χ4v) is 4.47. The van der Waals surface area contributed by atoms with E-state index in [0.29, 0.717) is 17.7 Å². The molecule has 1 amide bonds. The quantitative estimate of drug-likeness (QED) is 0.688. The molecule has 3 N–H and O–H groups in total. The fraction of sp³-hybridized carbons (Fsp3) is 0.682.